The maximum atomic E-state index is 6.09. The van der Waals surface area contributed by atoms with Crippen LogP contribution in [0.15, 0.2) is 0 Å². The highest BCUT2D eigenvalue weighted by molar-refractivity contribution is 4.74. The van der Waals surface area contributed by atoms with Crippen LogP contribution >= 0.6 is 0 Å². The Morgan fingerprint density at radius 1 is 0.944 bits per heavy atom. The van der Waals surface area contributed by atoms with Crippen molar-refractivity contribution in [3.05, 3.63) is 0 Å². The van der Waals surface area contributed by atoms with E-state index in [0.717, 1.165) is 5.92 Å². The molecule has 0 heterocycles. The van der Waals surface area contributed by atoms with Crippen LogP contribution in [0.25, 0.3) is 0 Å². The van der Waals surface area contributed by atoms with Crippen molar-refractivity contribution in [3.63, 3.8) is 0 Å². The van der Waals surface area contributed by atoms with Crippen LogP contribution in [0, 0.1) is 11.3 Å². The Balaban J connectivity index is 3.84. The van der Waals surface area contributed by atoms with Gasteiger partial charge in [-0.3, -0.25) is 0 Å². The van der Waals surface area contributed by atoms with E-state index >= 15 is 0 Å². The molecule has 0 radical (unpaired) electrons. The Labute approximate surface area is 116 Å². The van der Waals surface area contributed by atoms with Gasteiger partial charge in [0, 0.05) is 6.04 Å². The van der Waals surface area contributed by atoms with Crippen molar-refractivity contribution in [1.82, 2.24) is 0 Å². The van der Waals surface area contributed by atoms with Gasteiger partial charge < -0.3 is 5.73 Å². The van der Waals surface area contributed by atoms with Gasteiger partial charge in [0.05, 0.1) is 0 Å². The molecule has 2 unspecified atom stereocenters. The van der Waals surface area contributed by atoms with Crippen LogP contribution in [0.5, 0.6) is 0 Å². The highest BCUT2D eigenvalue weighted by Crippen LogP contribution is 2.34. The summed E-state index contributed by atoms with van der Waals surface area (Å²) in [5.74, 6) is 0.851. The van der Waals surface area contributed by atoms with Gasteiger partial charge in [-0.1, -0.05) is 66.7 Å². The lowest BCUT2D eigenvalue weighted by atomic mass is 9.77. The highest BCUT2D eigenvalue weighted by atomic mass is 14.6. The summed E-state index contributed by atoms with van der Waals surface area (Å²) in [5, 5.41) is 0. The molecule has 0 aromatic heterocycles. The molecule has 0 aliphatic carbocycles. The van der Waals surface area contributed by atoms with Crippen molar-refractivity contribution in [2.24, 2.45) is 17.1 Å². The minimum atomic E-state index is 0.437. The maximum absolute atomic E-state index is 6.09. The number of hydrogen-bond donors (Lipinski definition) is 1. The topological polar surface area (TPSA) is 26.0 Å². The van der Waals surface area contributed by atoms with Gasteiger partial charge in [0.2, 0.25) is 0 Å². The quantitative estimate of drug-likeness (QED) is 0.516. The van der Waals surface area contributed by atoms with Gasteiger partial charge in [-0.05, 0) is 37.0 Å². The van der Waals surface area contributed by atoms with Crippen molar-refractivity contribution in [3.8, 4) is 0 Å². The van der Waals surface area contributed by atoms with Crippen molar-refractivity contribution < 1.29 is 0 Å². The Bertz CT molecular complexity index is 188. The number of nitrogens with two attached hydrogens (primary N) is 1. The van der Waals surface area contributed by atoms with Crippen molar-refractivity contribution >= 4 is 0 Å². The van der Waals surface area contributed by atoms with E-state index in [-0.39, 0.29) is 0 Å². The smallest absolute Gasteiger partial charge is 0.00387 e. The molecule has 0 aliphatic heterocycles. The van der Waals surface area contributed by atoms with Gasteiger partial charge in [-0.15, -0.1) is 0 Å². The third kappa shape index (κ3) is 8.97. The van der Waals surface area contributed by atoms with Gasteiger partial charge in [-0.25, -0.2) is 0 Å². The van der Waals surface area contributed by atoms with Crippen LogP contribution < -0.4 is 5.73 Å². The number of rotatable bonds is 11. The molecule has 0 saturated carbocycles. The van der Waals surface area contributed by atoms with Gasteiger partial charge in [0.25, 0.3) is 0 Å². The molecular weight excluding hydrogens is 218 g/mol. The summed E-state index contributed by atoms with van der Waals surface area (Å²) in [6.45, 7) is 11.7. The van der Waals surface area contributed by atoms with E-state index in [4.69, 9.17) is 5.73 Å². The number of hydrogen-bond acceptors (Lipinski definition) is 1. The highest BCUT2D eigenvalue weighted by Gasteiger charge is 2.21. The minimum absolute atomic E-state index is 0.437. The molecular formula is C17H37N. The van der Waals surface area contributed by atoms with Gasteiger partial charge in [0.15, 0.2) is 0 Å². The van der Waals surface area contributed by atoms with E-state index in [1.807, 2.05) is 0 Å². The zero-order valence-electron chi connectivity index (χ0n) is 13.6. The Kier molecular flexibility index (Phi) is 9.81. The van der Waals surface area contributed by atoms with E-state index in [9.17, 15) is 0 Å². The van der Waals surface area contributed by atoms with Crippen LogP contribution in [0.1, 0.15) is 92.4 Å². The first-order chi connectivity index (χ1) is 8.43. The van der Waals surface area contributed by atoms with E-state index in [1.54, 1.807) is 0 Å². The fraction of sp³-hybridized carbons (Fsp3) is 1.00. The molecule has 1 nitrogen and oxygen atoms in total. The first-order valence-corrected chi connectivity index (χ1v) is 8.19. The molecule has 0 fully saturated rings. The lowest BCUT2D eigenvalue weighted by Gasteiger charge is -2.29. The predicted molar refractivity (Wildman–Crippen MR) is 83.8 cm³/mol. The molecule has 0 saturated heterocycles. The molecule has 1 heteroatoms. The zero-order chi connectivity index (χ0) is 14.0. The normalized spacial score (nSPS) is 16.8. The fourth-order valence-corrected chi connectivity index (χ4v) is 2.72. The molecule has 2 atom stereocenters. The standard InChI is InChI=1S/C17H37N/c1-6-10-16(18)12-9-14-17(5,7-2)13-8-11-15(3)4/h15-16H,6-14,18H2,1-5H3. The van der Waals surface area contributed by atoms with Crippen LogP contribution in [-0.2, 0) is 0 Å². The van der Waals surface area contributed by atoms with Crippen LogP contribution in [0.2, 0.25) is 0 Å². The first-order valence-electron chi connectivity index (χ1n) is 8.19. The minimum Gasteiger partial charge on any atom is -0.328 e. The van der Waals surface area contributed by atoms with E-state index in [1.165, 1.54) is 57.8 Å². The van der Waals surface area contributed by atoms with Gasteiger partial charge >= 0.3 is 0 Å². The Morgan fingerprint density at radius 3 is 1.94 bits per heavy atom. The first kappa shape index (κ1) is 18.0. The summed E-state index contributed by atoms with van der Waals surface area (Å²) in [7, 11) is 0. The van der Waals surface area contributed by atoms with E-state index in [2.05, 4.69) is 34.6 Å². The Hall–Kier alpha value is -0.0400. The van der Waals surface area contributed by atoms with Gasteiger partial charge in [-0.2, -0.15) is 0 Å². The summed E-state index contributed by atoms with van der Waals surface area (Å²) in [6, 6.07) is 0.437. The Morgan fingerprint density at radius 2 is 1.50 bits per heavy atom. The SMILES string of the molecule is CCCC(N)CCCC(C)(CC)CCCC(C)C. The lowest BCUT2D eigenvalue weighted by Crippen LogP contribution is -2.21. The largest absolute Gasteiger partial charge is 0.328 e. The summed E-state index contributed by atoms with van der Waals surface area (Å²) >= 11 is 0. The predicted octanol–water partition coefficient (Wildman–Crippen LogP) is 5.53. The molecule has 18 heavy (non-hydrogen) atoms. The molecule has 0 aromatic carbocycles. The molecule has 0 spiro atoms. The lowest BCUT2D eigenvalue weighted by molar-refractivity contribution is 0.235. The summed E-state index contributed by atoms with van der Waals surface area (Å²) in [5.41, 5.74) is 6.65. The van der Waals surface area contributed by atoms with Gasteiger partial charge in [0.1, 0.15) is 0 Å². The maximum Gasteiger partial charge on any atom is 0.00387 e. The molecule has 0 bridgehead atoms. The fourth-order valence-electron chi connectivity index (χ4n) is 2.72. The summed E-state index contributed by atoms with van der Waals surface area (Å²) in [6.07, 6.45) is 11.8. The van der Waals surface area contributed by atoms with Crippen LogP contribution in [-0.4, -0.2) is 6.04 Å². The monoisotopic (exact) mass is 255 g/mol. The molecule has 2 N–H and O–H groups in total. The van der Waals surface area contributed by atoms with Crippen LogP contribution in [0.3, 0.4) is 0 Å². The van der Waals surface area contributed by atoms with Crippen LogP contribution in [0.4, 0.5) is 0 Å². The molecule has 110 valence electrons. The molecule has 0 amide bonds. The third-order valence-electron chi connectivity index (χ3n) is 4.43. The molecule has 0 aliphatic rings. The zero-order valence-corrected chi connectivity index (χ0v) is 13.6. The molecule has 0 aromatic rings. The van der Waals surface area contributed by atoms with Crippen molar-refractivity contribution in [2.45, 2.75) is 98.4 Å². The second kappa shape index (κ2) is 9.83. The van der Waals surface area contributed by atoms with E-state index in [0.29, 0.717) is 11.5 Å². The van der Waals surface area contributed by atoms with E-state index < -0.39 is 0 Å². The third-order valence-corrected chi connectivity index (χ3v) is 4.43. The average Bonchev–Trinajstić information content (AvgIpc) is 2.29. The molecule has 0 rings (SSSR count). The second-order valence-corrected chi connectivity index (χ2v) is 6.89. The summed E-state index contributed by atoms with van der Waals surface area (Å²) < 4.78 is 0. The second-order valence-electron chi connectivity index (χ2n) is 6.89. The van der Waals surface area contributed by atoms with Crippen molar-refractivity contribution in [1.29, 1.82) is 0 Å². The average molecular weight is 255 g/mol. The van der Waals surface area contributed by atoms with Crippen molar-refractivity contribution in [2.75, 3.05) is 0 Å². The summed E-state index contributed by atoms with van der Waals surface area (Å²) in [4.78, 5) is 0.